The number of hydrogen-bond donors (Lipinski definition) is 0. The van der Waals surface area contributed by atoms with Gasteiger partial charge in [0.2, 0.25) is 5.95 Å². The second kappa shape index (κ2) is 7.23. The maximum Gasteiger partial charge on any atom is 0.237 e. The molecule has 0 amide bonds. The van der Waals surface area contributed by atoms with Gasteiger partial charge in [-0.05, 0) is 53.2 Å². The monoisotopic (exact) mass is 461 g/mol. The van der Waals surface area contributed by atoms with Gasteiger partial charge in [-0.25, -0.2) is 15.0 Å². The summed E-state index contributed by atoms with van der Waals surface area (Å²) in [6.45, 7) is 0. The molecule has 8 aromatic rings. The van der Waals surface area contributed by atoms with E-state index >= 15 is 0 Å². The van der Waals surface area contributed by atoms with Crippen molar-refractivity contribution in [3.63, 3.8) is 0 Å². The predicted molar refractivity (Wildman–Crippen MR) is 146 cm³/mol. The molecule has 0 atom stereocenters. The lowest BCUT2D eigenvalue weighted by atomic mass is 10.0. The number of fused-ring (bicyclic) bond motifs is 8. The van der Waals surface area contributed by atoms with Gasteiger partial charge < -0.3 is 4.57 Å². The van der Waals surface area contributed by atoms with E-state index < -0.39 is 0 Å². The standard InChI is InChI=1S/C31H19N5/c1-2-8-21(9-3-1)35-26-12-6-4-10-22(26)25-17-24-20(16-29(25)35)14-15-28-30(24)23-11-5-7-13-27(23)36(28)31-33-18-32-19-34-31/h1-19H. The summed E-state index contributed by atoms with van der Waals surface area (Å²) in [5.41, 5.74) is 5.74. The molecular formula is C31H19N5. The van der Waals surface area contributed by atoms with Crippen LogP contribution in [-0.4, -0.2) is 24.1 Å². The highest BCUT2D eigenvalue weighted by Crippen LogP contribution is 2.40. The maximum absolute atomic E-state index is 4.47. The van der Waals surface area contributed by atoms with E-state index in [1.54, 1.807) is 12.7 Å². The quantitative estimate of drug-likeness (QED) is 0.273. The van der Waals surface area contributed by atoms with E-state index in [1.807, 2.05) is 0 Å². The zero-order valence-corrected chi connectivity index (χ0v) is 19.2. The third-order valence-corrected chi connectivity index (χ3v) is 7.14. The van der Waals surface area contributed by atoms with Gasteiger partial charge in [0.1, 0.15) is 12.7 Å². The Morgan fingerprint density at radius 2 is 1.17 bits per heavy atom. The number of para-hydroxylation sites is 3. The first-order valence-corrected chi connectivity index (χ1v) is 12.0. The van der Waals surface area contributed by atoms with E-state index in [1.165, 1.54) is 43.4 Å². The lowest BCUT2D eigenvalue weighted by Gasteiger charge is -2.09. The molecule has 5 aromatic carbocycles. The molecule has 0 aliphatic rings. The summed E-state index contributed by atoms with van der Waals surface area (Å²) in [5.74, 6) is 0.623. The van der Waals surface area contributed by atoms with Gasteiger partial charge in [-0.1, -0.05) is 60.7 Å². The molecule has 0 spiro atoms. The summed E-state index contributed by atoms with van der Waals surface area (Å²) in [6, 6.07) is 36.8. The molecule has 5 nitrogen and oxygen atoms in total. The maximum atomic E-state index is 4.47. The Morgan fingerprint density at radius 1 is 0.472 bits per heavy atom. The van der Waals surface area contributed by atoms with Crippen LogP contribution in [0.25, 0.3) is 66.0 Å². The first-order valence-electron chi connectivity index (χ1n) is 12.0. The molecule has 0 unspecified atom stereocenters. The second-order valence-electron chi connectivity index (χ2n) is 9.03. The van der Waals surface area contributed by atoms with Gasteiger partial charge in [-0.3, -0.25) is 4.57 Å². The van der Waals surface area contributed by atoms with E-state index in [9.17, 15) is 0 Å². The van der Waals surface area contributed by atoms with Crippen molar-refractivity contribution in [1.82, 2.24) is 24.1 Å². The summed E-state index contributed by atoms with van der Waals surface area (Å²) in [7, 11) is 0. The molecule has 3 aromatic heterocycles. The van der Waals surface area contributed by atoms with E-state index in [4.69, 9.17) is 0 Å². The third-order valence-electron chi connectivity index (χ3n) is 7.14. The smallest absolute Gasteiger partial charge is 0.237 e. The van der Waals surface area contributed by atoms with Crippen molar-refractivity contribution >= 4 is 54.4 Å². The summed E-state index contributed by atoms with van der Waals surface area (Å²) >= 11 is 0. The second-order valence-corrected chi connectivity index (χ2v) is 9.03. The summed E-state index contributed by atoms with van der Waals surface area (Å²) < 4.78 is 4.49. The van der Waals surface area contributed by atoms with Crippen LogP contribution < -0.4 is 0 Å². The Morgan fingerprint density at radius 3 is 1.97 bits per heavy atom. The van der Waals surface area contributed by atoms with Gasteiger partial charge in [-0.15, -0.1) is 0 Å². The summed E-state index contributed by atoms with van der Waals surface area (Å²) in [4.78, 5) is 13.0. The molecular weight excluding hydrogens is 442 g/mol. The third kappa shape index (κ3) is 2.57. The van der Waals surface area contributed by atoms with Crippen molar-refractivity contribution in [2.24, 2.45) is 0 Å². The Hall–Kier alpha value is -5.03. The normalized spacial score (nSPS) is 11.9. The number of rotatable bonds is 2. The molecule has 168 valence electrons. The minimum atomic E-state index is 0.623. The number of nitrogens with zero attached hydrogens (tertiary/aromatic N) is 5. The highest BCUT2D eigenvalue weighted by molar-refractivity contribution is 6.25. The van der Waals surface area contributed by atoms with Gasteiger partial charge in [0.15, 0.2) is 0 Å². The van der Waals surface area contributed by atoms with Crippen LogP contribution in [0.5, 0.6) is 0 Å². The van der Waals surface area contributed by atoms with Gasteiger partial charge in [0, 0.05) is 27.2 Å². The van der Waals surface area contributed by atoms with Crippen molar-refractivity contribution in [3.8, 4) is 11.6 Å². The molecule has 0 aliphatic carbocycles. The fourth-order valence-corrected chi connectivity index (χ4v) is 5.67. The molecule has 0 N–H and O–H groups in total. The van der Waals surface area contributed by atoms with Crippen LogP contribution in [0, 0.1) is 0 Å². The highest BCUT2D eigenvalue weighted by atomic mass is 15.2. The minimum Gasteiger partial charge on any atom is -0.309 e. The van der Waals surface area contributed by atoms with Crippen molar-refractivity contribution in [1.29, 1.82) is 0 Å². The zero-order valence-electron chi connectivity index (χ0n) is 19.2. The van der Waals surface area contributed by atoms with Crippen LogP contribution in [0.2, 0.25) is 0 Å². The lowest BCUT2D eigenvalue weighted by Crippen LogP contribution is -2.00. The van der Waals surface area contributed by atoms with Crippen molar-refractivity contribution < 1.29 is 0 Å². The first-order chi connectivity index (χ1) is 17.9. The SMILES string of the molecule is c1ccc(-n2c3ccccc3c3cc4c(ccc5c4c4ccccc4n5-c4ncncn4)cc32)cc1. The fraction of sp³-hybridized carbons (Fsp3) is 0. The number of hydrogen-bond acceptors (Lipinski definition) is 3. The molecule has 0 saturated carbocycles. The Balaban J connectivity index is 1.56. The Bertz CT molecular complexity index is 2050. The number of benzene rings is 5. The largest absolute Gasteiger partial charge is 0.309 e. The van der Waals surface area contributed by atoms with Crippen LogP contribution in [0.4, 0.5) is 0 Å². The molecule has 3 heterocycles. The van der Waals surface area contributed by atoms with Crippen molar-refractivity contribution in [3.05, 3.63) is 116 Å². The molecule has 36 heavy (non-hydrogen) atoms. The number of aromatic nitrogens is 5. The zero-order chi connectivity index (χ0) is 23.6. The van der Waals surface area contributed by atoms with Crippen LogP contribution in [0.3, 0.4) is 0 Å². The average molecular weight is 462 g/mol. The molecule has 0 fully saturated rings. The van der Waals surface area contributed by atoms with Gasteiger partial charge in [-0.2, -0.15) is 0 Å². The molecule has 5 heteroatoms. The van der Waals surface area contributed by atoms with E-state index in [0.29, 0.717) is 5.95 Å². The first kappa shape index (κ1) is 19.3. The van der Waals surface area contributed by atoms with E-state index in [0.717, 1.165) is 16.7 Å². The Labute approximate surface area is 205 Å². The average Bonchev–Trinajstić information content (AvgIpc) is 3.45. The van der Waals surface area contributed by atoms with Crippen molar-refractivity contribution in [2.75, 3.05) is 0 Å². The fourth-order valence-electron chi connectivity index (χ4n) is 5.67. The molecule has 0 bridgehead atoms. The molecule has 0 aliphatic heterocycles. The van der Waals surface area contributed by atoms with Gasteiger partial charge in [0.25, 0.3) is 0 Å². The summed E-state index contributed by atoms with van der Waals surface area (Å²) in [6.07, 6.45) is 3.10. The molecule has 0 radical (unpaired) electrons. The summed E-state index contributed by atoms with van der Waals surface area (Å²) in [5, 5.41) is 7.31. The topological polar surface area (TPSA) is 48.5 Å². The van der Waals surface area contributed by atoms with Crippen LogP contribution >= 0.6 is 0 Å². The van der Waals surface area contributed by atoms with E-state index in [2.05, 4.69) is 127 Å². The van der Waals surface area contributed by atoms with Gasteiger partial charge in [0.05, 0.1) is 22.1 Å². The van der Waals surface area contributed by atoms with Crippen LogP contribution in [-0.2, 0) is 0 Å². The lowest BCUT2D eigenvalue weighted by molar-refractivity contribution is 0.940. The molecule has 0 saturated heterocycles. The van der Waals surface area contributed by atoms with Crippen LogP contribution in [0.1, 0.15) is 0 Å². The molecule has 8 rings (SSSR count). The van der Waals surface area contributed by atoms with Crippen molar-refractivity contribution in [2.45, 2.75) is 0 Å². The van der Waals surface area contributed by atoms with Crippen LogP contribution in [0.15, 0.2) is 116 Å². The Kier molecular flexibility index (Phi) is 3.88. The minimum absolute atomic E-state index is 0.623. The van der Waals surface area contributed by atoms with Gasteiger partial charge >= 0.3 is 0 Å². The predicted octanol–water partition coefficient (Wildman–Crippen LogP) is 7.22. The van der Waals surface area contributed by atoms with E-state index in [-0.39, 0.29) is 0 Å². The highest BCUT2D eigenvalue weighted by Gasteiger charge is 2.18.